The fourth-order valence-electron chi connectivity index (χ4n) is 3.70. The zero-order chi connectivity index (χ0) is 14.8. The quantitative estimate of drug-likeness (QED) is 0.813. The third-order valence-electron chi connectivity index (χ3n) is 5.38. The number of aliphatic carboxylic acids is 1. The molecule has 0 saturated heterocycles. The van der Waals surface area contributed by atoms with Crippen molar-refractivity contribution in [2.75, 3.05) is 6.61 Å². The van der Waals surface area contributed by atoms with Gasteiger partial charge in [-0.25, -0.2) is 0 Å². The van der Waals surface area contributed by atoms with E-state index in [1.54, 1.807) is 0 Å². The van der Waals surface area contributed by atoms with Gasteiger partial charge in [-0.3, -0.25) is 4.79 Å². The van der Waals surface area contributed by atoms with Gasteiger partial charge in [0, 0.05) is 6.61 Å². The minimum atomic E-state index is -1.02. The smallest absolute Gasteiger partial charge is 0.323 e. The Morgan fingerprint density at radius 2 is 1.90 bits per heavy atom. The average molecular weight is 283 g/mol. The van der Waals surface area contributed by atoms with Gasteiger partial charge in [0.2, 0.25) is 0 Å². The molecule has 2 saturated carbocycles. The van der Waals surface area contributed by atoms with Crippen molar-refractivity contribution in [1.29, 1.82) is 0 Å². The molecule has 0 spiro atoms. The molecule has 4 nitrogen and oxygen atoms in total. The van der Waals surface area contributed by atoms with Crippen molar-refractivity contribution in [1.82, 2.24) is 0 Å². The molecule has 0 amide bonds. The standard InChI is InChI=1S/C16H29NO3/c1-15(2)9-5-13(6-10-15)20-11-7-12-4-3-8-16(12,17)14(18)19/h12-13H,3-11,17H2,1-2H3,(H,18,19). The van der Waals surface area contributed by atoms with Crippen LogP contribution in [-0.4, -0.2) is 29.3 Å². The number of ether oxygens (including phenoxy) is 1. The molecule has 0 radical (unpaired) electrons. The maximum Gasteiger partial charge on any atom is 0.323 e. The first-order valence-electron chi connectivity index (χ1n) is 7.97. The Hall–Kier alpha value is -0.610. The first-order chi connectivity index (χ1) is 9.33. The van der Waals surface area contributed by atoms with Gasteiger partial charge in [-0.2, -0.15) is 0 Å². The number of hydrogen-bond acceptors (Lipinski definition) is 3. The lowest BCUT2D eigenvalue weighted by atomic mass is 9.76. The summed E-state index contributed by atoms with van der Waals surface area (Å²) in [6, 6.07) is 0. The topological polar surface area (TPSA) is 72.5 Å². The zero-order valence-electron chi connectivity index (χ0n) is 12.9. The van der Waals surface area contributed by atoms with Crippen LogP contribution in [-0.2, 0) is 9.53 Å². The summed E-state index contributed by atoms with van der Waals surface area (Å²) in [6.45, 7) is 5.29. The van der Waals surface area contributed by atoms with Gasteiger partial charge in [-0.15, -0.1) is 0 Å². The van der Waals surface area contributed by atoms with E-state index < -0.39 is 11.5 Å². The summed E-state index contributed by atoms with van der Waals surface area (Å²) in [5.74, 6) is -0.778. The van der Waals surface area contributed by atoms with E-state index in [0.717, 1.165) is 32.1 Å². The van der Waals surface area contributed by atoms with Gasteiger partial charge in [0.25, 0.3) is 0 Å². The average Bonchev–Trinajstić information content (AvgIpc) is 2.75. The Morgan fingerprint density at radius 1 is 1.25 bits per heavy atom. The maximum atomic E-state index is 11.3. The van der Waals surface area contributed by atoms with Gasteiger partial charge in [0.15, 0.2) is 0 Å². The van der Waals surface area contributed by atoms with Crippen LogP contribution in [0.25, 0.3) is 0 Å². The molecule has 0 heterocycles. The number of carbonyl (C=O) groups is 1. The molecule has 2 aliphatic rings. The summed E-state index contributed by atoms with van der Waals surface area (Å²) in [5, 5.41) is 9.28. The first-order valence-corrected chi connectivity index (χ1v) is 7.97. The van der Waals surface area contributed by atoms with E-state index >= 15 is 0 Å². The van der Waals surface area contributed by atoms with E-state index in [2.05, 4.69) is 13.8 Å². The molecule has 2 fully saturated rings. The molecule has 0 bridgehead atoms. The van der Waals surface area contributed by atoms with Gasteiger partial charge in [-0.1, -0.05) is 20.3 Å². The number of nitrogens with two attached hydrogens (primary N) is 1. The van der Waals surface area contributed by atoms with Crippen LogP contribution in [0.3, 0.4) is 0 Å². The Kier molecular flexibility index (Phi) is 4.75. The van der Waals surface area contributed by atoms with Crippen molar-refractivity contribution in [3.05, 3.63) is 0 Å². The Labute approximate surface area is 122 Å². The van der Waals surface area contributed by atoms with Gasteiger partial charge in [0.1, 0.15) is 5.54 Å². The highest BCUT2D eigenvalue weighted by Gasteiger charge is 2.45. The van der Waals surface area contributed by atoms with Crippen LogP contribution < -0.4 is 5.73 Å². The fraction of sp³-hybridized carbons (Fsp3) is 0.938. The van der Waals surface area contributed by atoms with Gasteiger partial charge >= 0.3 is 5.97 Å². The molecule has 3 N–H and O–H groups in total. The second-order valence-electron chi connectivity index (χ2n) is 7.46. The molecule has 20 heavy (non-hydrogen) atoms. The SMILES string of the molecule is CC1(C)CCC(OCCC2CCCC2(N)C(=O)O)CC1. The molecule has 0 aromatic rings. The third kappa shape index (κ3) is 3.53. The molecule has 2 aliphatic carbocycles. The molecule has 2 atom stereocenters. The number of carboxylic acid groups (broad SMARTS) is 1. The van der Waals surface area contributed by atoms with Gasteiger partial charge in [0.05, 0.1) is 6.10 Å². The lowest BCUT2D eigenvalue weighted by Gasteiger charge is -2.34. The summed E-state index contributed by atoms with van der Waals surface area (Å²) in [7, 11) is 0. The van der Waals surface area contributed by atoms with Crippen molar-refractivity contribution in [2.24, 2.45) is 17.1 Å². The first kappa shape index (κ1) is 15.8. The lowest BCUT2D eigenvalue weighted by Crippen LogP contribution is -2.51. The summed E-state index contributed by atoms with van der Waals surface area (Å²) in [6.07, 6.45) is 8.28. The highest BCUT2D eigenvalue weighted by molar-refractivity contribution is 5.79. The van der Waals surface area contributed by atoms with Crippen molar-refractivity contribution < 1.29 is 14.6 Å². The Balaban J connectivity index is 1.72. The molecule has 2 unspecified atom stereocenters. The molecule has 0 aliphatic heterocycles. The second-order valence-corrected chi connectivity index (χ2v) is 7.46. The van der Waals surface area contributed by atoms with E-state index in [9.17, 15) is 9.90 Å². The normalized spacial score (nSPS) is 34.2. The molecule has 0 aromatic heterocycles. The van der Waals surface area contributed by atoms with E-state index in [1.807, 2.05) is 0 Å². The van der Waals surface area contributed by atoms with Crippen LogP contribution in [0, 0.1) is 11.3 Å². The molecule has 2 rings (SSSR count). The summed E-state index contributed by atoms with van der Waals surface area (Å²) in [4.78, 5) is 11.3. The van der Waals surface area contributed by atoms with Crippen molar-refractivity contribution in [3.8, 4) is 0 Å². The van der Waals surface area contributed by atoms with Crippen LogP contribution >= 0.6 is 0 Å². The lowest BCUT2D eigenvalue weighted by molar-refractivity contribution is -0.145. The zero-order valence-corrected chi connectivity index (χ0v) is 12.9. The Bertz CT molecular complexity index is 346. The maximum absolute atomic E-state index is 11.3. The highest BCUT2D eigenvalue weighted by atomic mass is 16.5. The van der Waals surface area contributed by atoms with E-state index in [4.69, 9.17) is 10.5 Å². The number of carboxylic acids is 1. The summed E-state index contributed by atoms with van der Waals surface area (Å²) in [5.41, 5.74) is 5.49. The van der Waals surface area contributed by atoms with Crippen LogP contribution in [0.5, 0.6) is 0 Å². The van der Waals surface area contributed by atoms with Crippen molar-refractivity contribution in [2.45, 2.75) is 76.9 Å². The predicted molar refractivity (Wildman–Crippen MR) is 78.5 cm³/mol. The third-order valence-corrected chi connectivity index (χ3v) is 5.38. The van der Waals surface area contributed by atoms with Crippen molar-refractivity contribution in [3.63, 3.8) is 0 Å². The van der Waals surface area contributed by atoms with Gasteiger partial charge < -0.3 is 15.6 Å². The van der Waals surface area contributed by atoms with Crippen LogP contribution in [0.1, 0.15) is 65.2 Å². The van der Waals surface area contributed by atoms with Crippen LogP contribution in [0.2, 0.25) is 0 Å². The molecule has 4 heteroatoms. The molecular formula is C16H29NO3. The van der Waals surface area contributed by atoms with Crippen molar-refractivity contribution >= 4 is 5.97 Å². The molecular weight excluding hydrogens is 254 g/mol. The highest BCUT2D eigenvalue weighted by Crippen LogP contribution is 2.38. The van der Waals surface area contributed by atoms with Crippen LogP contribution in [0.15, 0.2) is 0 Å². The van der Waals surface area contributed by atoms with E-state index in [1.165, 1.54) is 12.8 Å². The minimum Gasteiger partial charge on any atom is -0.480 e. The van der Waals surface area contributed by atoms with Crippen LogP contribution in [0.4, 0.5) is 0 Å². The Morgan fingerprint density at radius 3 is 2.50 bits per heavy atom. The summed E-state index contributed by atoms with van der Waals surface area (Å²) < 4.78 is 5.96. The molecule has 0 aromatic carbocycles. The largest absolute Gasteiger partial charge is 0.480 e. The molecule has 116 valence electrons. The second kappa shape index (κ2) is 6.02. The van der Waals surface area contributed by atoms with E-state index in [0.29, 0.717) is 24.5 Å². The summed E-state index contributed by atoms with van der Waals surface area (Å²) >= 11 is 0. The number of hydrogen-bond donors (Lipinski definition) is 2. The monoisotopic (exact) mass is 283 g/mol. The predicted octanol–water partition coefficient (Wildman–Crippen LogP) is 2.94. The minimum absolute atomic E-state index is 0.0695. The fourth-order valence-corrected chi connectivity index (χ4v) is 3.70. The van der Waals surface area contributed by atoms with E-state index in [-0.39, 0.29) is 5.92 Å². The number of rotatable bonds is 5. The van der Waals surface area contributed by atoms with Gasteiger partial charge in [-0.05, 0) is 56.3 Å².